The van der Waals surface area contributed by atoms with E-state index in [2.05, 4.69) is 0 Å². The van der Waals surface area contributed by atoms with Gasteiger partial charge in [-0.05, 0) is 21.5 Å². The molecule has 9 rings (SSSR count). The normalized spacial score (nSPS) is 11.4. The third kappa shape index (κ3) is 3.74. The van der Waals surface area contributed by atoms with Gasteiger partial charge >= 0.3 is 17.1 Å². The van der Waals surface area contributed by atoms with Gasteiger partial charge in [0.2, 0.25) is 0 Å². The number of hydrogen-bond acceptors (Lipinski definition) is 6. The number of hydrogen-bond donors (Lipinski definition) is 0. The molecule has 9 nitrogen and oxygen atoms in total. The van der Waals surface area contributed by atoms with Crippen molar-refractivity contribution in [2.24, 2.45) is 0 Å². The molecule has 0 spiro atoms. The van der Waals surface area contributed by atoms with Crippen molar-refractivity contribution in [1.82, 2.24) is 39.9 Å². The minimum atomic E-state index is 0. The molecule has 0 unspecified atom stereocenters. The molecule has 2 aliphatic rings. The standard InChI is InChI=1S/C32H16N8.Cu.H2O/c1-2-10-18-17(9-1)25-33-26(18)38-28-21-13-5-6-14-22(21)30(35-28)40-32-24-16-8-7-15-23(24)31(36-32)39-29-20-12-4-3-11-19(20)27(34-29)37-25;;/h1-16H;;1H2/q-2;+2;. The molecule has 2 N–H and O–H groups in total. The van der Waals surface area contributed by atoms with Gasteiger partial charge in [-0.1, -0.05) is 97.1 Å². The zero-order chi connectivity index (χ0) is 26.2. The molecule has 1 radical (unpaired) electrons. The Kier molecular flexibility index (Phi) is 5.91. The van der Waals surface area contributed by atoms with Crippen LogP contribution < -0.4 is 9.97 Å². The topological polar surface area (TPSA) is 137 Å². The van der Waals surface area contributed by atoms with Gasteiger partial charge in [-0.15, -0.1) is 0 Å². The summed E-state index contributed by atoms with van der Waals surface area (Å²) in [5, 5.41) is 3.57. The van der Waals surface area contributed by atoms with Crippen molar-refractivity contribution in [2.45, 2.75) is 0 Å². The zero-order valence-corrected chi connectivity index (χ0v) is 22.6. The maximum Gasteiger partial charge on any atom is 2.00 e. The van der Waals surface area contributed by atoms with Gasteiger partial charge in [-0.2, -0.15) is 0 Å². The summed E-state index contributed by atoms with van der Waals surface area (Å²) >= 11 is 0. The molecule has 203 valence electrons. The van der Waals surface area contributed by atoms with Crippen molar-refractivity contribution < 1.29 is 22.5 Å². The van der Waals surface area contributed by atoms with E-state index in [0.29, 0.717) is 45.9 Å². The molecule has 5 heterocycles. The monoisotopic (exact) mass is 593 g/mol. The summed E-state index contributed by atoms with van der Waals surface area (Å²) in [6, 6.07) is 31.8. The average Bonchev–Trinajstić information content (AvgIpc) is 3.73. The van der Waals surface area contributed by atoms with Crippen molar-refractivity contribution >= 4 is 44.1 Å². The summed E-state index contributed by atoms with van der Waals surface area (Å²) in [6.07, 6.45) is 0. The summed E-state index contributed by atoms with van der Waals surface area (Å²) in [4.78, 5) is 39.3. The molecule has 42 heavy (non-hydrogen) atoms. The Balaban J connectivity index is 0.00000144. The fraction of sp³-hybridized carbons (Fsp3) is 0. The molecule has 0 saturated carbocycles. The molecule has 7 aromatic rings. The Hall–Kier alpha value is -5.28. The molecule has 0 amide bonds. The van der Waals surface area contributed by atoms with Crippen molar-refractivity contribution in [2.75, 3.05) is 0 Å². The predicted octanol–water partition coefficient (Wildman–Crippen LogP) is 5.30. The van der Waals surface area contributed by atoms with Gasteiger partial charge in [0.15, 0.2) is 0 Å². The fourth-order valence-corrected chi connectivity index (χ4v) is 5.46. The van der Waals surface area contributed by atoms with Crippen LogP contribution in [-0.2, 0) is 17.1 Å². The van der Waals surface area contributed by atoms with Crippen LogP contribution >= 0.6 is 0 Å². The molecule has 0 atom stereocenters. The summed E-state index contributed by atoms with van der Waals surface area (Å²) in [6.45, 7) is 0. The SMILES string of the molecule is O.[Cu+2].c1ccc2c(c1)-c1nc-2nc2[n-]c(nc3nc(nc4[n-]c(n1)c1ccccc41)-c1ccccc1-3)c1ccccc21. The Bertz CT molecular complexity index is 2040. The molecular weight excluding hydrogens is 576 g/mol. The summed E-state index contributed by atoms with van der Waals surface area (Å²) in [5.41, 5.74) is 5.78. The van der Waals surface area contributed by atoms with Crippen molar-refractivity contribution in [1.29, 1.82) is 0 Å². The van der Waals surface area contributed by atoms with Crippen LogP contribution in [0, 0.1) is 0 Å². The molecule has 0 saturated heterocycles. The number of aromatic nitrogens is 8. The second kappa shape index (κ2) is 9.67. The third-order valence-corrected chi connectivity index (χ3v) is 7.33. The average molecular weight is 594 g/mol. The molecule has 2 aliphatic heterocycles. The Morgan fingerprint density at radius 3 is 0.833 bits per heavy atom. The Morgan fingerprint density at radius 1 is 0.333 bits per heavy atom. The van der Waals surface area contributed by atoms with Gasteiger partial charge in [-0.25, -0.2) is 9.97 Å². The van der Waals surface area contributed by atoms with Crippen molar-refractivity contribution in [3.8, 4) is 45.6 Å². The summed E-state index contributed by atoms with van der Waals surface area (Å²) < 4.78 is 0. The van der Waals surface area contributed by atoms with Crippen LogP contribution in [0.1, 0.15) is 0 Å². The predicted molar refractivity (Wildman–Crippen MR) is 158 cm³/mol. The first kappa shape index (κ1) is 25.7. The molecule has 0 fully saturated rings. The van der Waals surface area contributed by atoms with Gasteiger partial charge in [0.25, 0.3) is 0 Å². The second-order valence-corrected chi connectivity index (χ2v) is 9.67. The maximum absolute atomic E-state index is 4.95. The maximum atomic E-state index is 4.95. The summed E-state index contributed by atoms with van der Waals surface area (Å²) in [5.74, 6) is 2.21. The minimum absolute atomic E-state index is 0. The van der Waals surface area contributed by atoms with Gasteiger partial charge in [0.05, 0.1) is 23.3 Å². The Morgan fingerprint density at radius 2 is 0.571 bits per heavy atom. The molecule has 0 aliphatic carbocycles. The van der Waals surface area contributed by atoms with Crippen molar-refractivity contribution in [3.05, 3.63) is 97.1 Å². The number of benzene rings is 4. The van der Waals surface area contributed by atoms with Gasteiger partial charge in [0.1, 0.15) is 0 Å². The largest absolute Gasteiger partial charge is 2.00 e. The van der Waals surface area contributed by atoms with E-state index < -0.39 is 0 Å². The van der Waals surface area contributed by atoms with Crippen LogP contribution in [0.5, 0.6) is 0 Å². The number of rotatable bonds is 0. The Labute approximate surface area is 248 Å². The van der Waals surface area contributed by atoms with E-state index in [1.54, 1.807) is 0 Å². The molecular formula is C32H18CuN8O. The van der Waals surface area contributed by atoms with Crippen molar-refractivity contribution in [3.63, 3.8) is 0 Å². The first-order chi connectivity index (χ1) is 19.8. The van der Waals surface area contributed by atoms with E-state index in [4.69, 9.17) is 39.9 Å². The molecule has 10 heteroatoms. The van der Waals surface area contributed by atoms with E-state index >= 15 is 0 Å². The fourth-order valence-electron chi connectivity index (χ4n) is 5.46. The minimum Gasteiger partial charge on any atom is -0.412 e. The van der Waals surface area contributed by atoms with E-state index in [0.717, 1.165) is 43.8 Å². The van der Waals surface area contributed by atoms with Gasteiger partial charge in [0, 0.05) is 44.8 Å². The number of fused-ring (bicyclic) bond motifs is 20. The third-order valence-electron chi connectivity index (χ3n) is 7.33. The van der Waals surface area contributed by atoms with E-state index in [1.165, 1.54) is 0 Å². The quantitative estimate of drug-likeness (QED) is 0.216. The van der Waals surface area contributed by atoms with E-state index in [-0.39, 0.29) is 22.5 Å². The van der Waals surface area contributed by atoms with Crippen LogP contribution in [0.2, 0.25) is 0 Å². The van der Waals surface area contributed by atoms with Gasteiger partial charge in [-0.3, -0.25) is 0 Å². The first-order valence-electron chi connectivity index (χ1n) is 12.9. The van der Waals surface area contributed by atoms with E-state index in [1.807, 2.05) is 97.1 Å². The molecule has 3 aromatic heterocycles. The smallest absolute Gasteiger partial charge is 0.412 e. The zero-order valence-electron chi connectivity index (χ0n) is 21.6. The molecule has 8 bridgehead atoms. The number of nitrogens with zero attached hydrogens (tertiary/aromatic N) is 8. The van der Waals surface area contributed by atoms with Crippen LogP contribution in [0.4, 0.5) is 0 Å². The van der Waals surface area contributed by atoms with E-state index in [9.17, 15) is 0 Å². The molecule has 4 aromatic carbocycles. The van der Waals surface area contributed by atoms with Crippen LogP contribution in [0.3, 0.4) is 0 Å². The van der Waals surface area contributed by atoms with Crippen LogP contribution in [-0.4, -0.2) is 35.4 Å². The van der Waals surface area contributed by atoms with Gasteiger partial charge < -0.3 is 35.4 Å². The summed E-state index contributed by atoms with van der Waals surface area (Å²) in [7, 11) is 0. The first-order valence-corrected chi connectivity index (χ1v) is 12.9. The second-order valence-electron chi connectivity index (χ2n) is 9.67. The van der Waals surface area contributed by atoms with Crippen LogP contribution in [0.25, 0.3) is 89.7 Å². The van der Waals surface area contributed by atoms with Crippen LogP contribution in [0.15, 0.2) is 97.1 Å².